The summed E-state index contributed by atoms with van der Waals surface area (Å²) in [6.45, 7) is 2.87. The number of hydrogen-bond donors (Lipinski definition) is 2. The third-order valence-corrected chi connectivity index (χ3v) is 7.35. The Labute approximate surface area is 232 Å². The Morgan fingerprint density at radius 2 is 1.89 bits per heavy atom. The molecule has 1 aliphatic rings. The second-order valence-corrected chi connectivity index (χ2v) is 10.0. The van der Waals surface area contributed by atoms with E-state index in [1.165, 1.54) is 0 Å². The minimum atomic E-state index is -1.14. The first-order chi connectivity index (χ1) is 18.4. The van der Waals surface area contributed by atoms with Crippen molar-refractivity contribution in [2.45, 2.75) is 37.8 Å². The number of aliphatic imine (C=N–C) groups is 1. The van der Waals surface area contributed by atoms with E-state index in [9.17, 15) is 4.79 Å². The Hall–Kier alpha value is -3.36. The number of methoxy groups -OCH3 is 1. The zero-order chi connectivity index (χ0) is 27.0. The summed E-state index contributed by atoms with van der Waals surface area (Å²) in [4.78, 5) is 18.7. The van der Waals surface area contributed by atoms with Gasteiger partial charge in [-0.1, -0.05) is 46.3 Å². The van der Waals surface area contributed by atoms with Gasteiger partial charge in [-0.15, -0.1) is 0 Å². The van der Waals surface area contributed by atoms with Crippen molar-refractivity contribution < 1.29 is 24.1 Å². The maximum Gasteiger partial charge on any atom is 0.252 e. The van der Waals surface area contributed by atoms with E-state index in [0.29, 0.717) is 44.1 Å². The van der Waals surface area contributed by atoms with Gasteiger partial charge in [0.15, 0.2) is 5.54 Å². The molecule has 3 aromatic carbocycles. The fourth-order valence-corrected chi connectivity index (χ4v) is 4.80. The maximum atomic E-state index is 13.8. The van der Waals surface area contributed by atoms with Crippen LogP contribution in [-0.2, 0) is 22.4 Å². The Morgan fingerprint density at radius 3 is 2.63 bits per heavy atom. The number of aliphatic hydroxyl groups excluding tert-OH is 1. The van der Waals surface area contributed by atoms with Crippen LogP contribution < -0.4 is 14.8 Å². The van der Waals surface area contributed by atoms with Crippen LogP contribution in [0.15, 0.2) is 82.3 Å². The monoisotopic (exact) mass is 580 g/mol. The molecule has 7 nitrogen and oxygen atoms in total. The molecule has 1 aliphatic heterocycles. The Balaban J connectivity index is 1.56. The molecule has 0 saturated carbocycles. The van der Waals surface area contributed by atoms with Gasteiger partial charge < -0.3 is 24.6 Å². The zero-order valence-corrected chi connectivity index (χ0v) is 23.2. The fraction of sp³-hybridized carbons (Fsp3) is 0.333. The predicted octanol–water partition coefficient (Wildman–Crippen LogP) is 4.72. The lowest BCUT2D eigenvalue weighted by atomic mass is 9.86. The first-order valence-corrected chi connectivity index (χ1v) is 13.5. The molecule has 0 unspecified atom stereocenters. The second-order valence-electron chi connectivity index (χ2n) is 9.18. The highest BCUT2D eigenvalue weighted by Crippen LogP contribution is 2.34. The van der Waals surface area contributed by atoms with E-state index >= 15 is 0 Å². The summed E-state index contributed by atoms with van der Waals surface area (Å²) in [6.07, 6.45) is 1.13. The van der Waals surface area contributed by atoms with Gasteiger partial charge in [0.05, 0.1) is 13.7 Å². The predicted molar refractivity (Wildman–Crippen MR) is 151 cm³/mol. The summed E-state index contributed by atoms with van der Waals surface area (Å²) < 4.78 is 18.1. The van der Waals surface area contributed by atoms with Crippen molar-refractivity contribution in [1.82, 2.24) is 5.32 Å². The van der Waals surface area contributed by atoms with Crippen LogP contribution in [-0.4, -0.2) is 55.4 Å². The molecule has 0 aliphatic carbocycles. The summed E-state index contributed by atoms with van der Waals surface area (Å²) >= 11 is 3.62. The number of nitrogens with zero attached hydrogens (tertiary/aromatic N) is 1. The number of benzene rings is 3. The van der Waals surface area contributed by atoms with Crippen LogP contribution in [0.25, 0.3) is 0 Å². The van der Waals surface area contributed by atoms with Gasteiger partial charge in [-0.25, -0.2) is 4.99 Å². The van der Waals surface area contributed by atoms with Crippen LogP contribution in [0.1, 0.15) is 30.0 Å². The van der Waals surface area contributed by atoms with Crippen molar-refractivity contribution in [2.24, 2.45) is 4.99 Å². The smallest absolute Gasteiger partial charge is 0.252 e. The lowest BCUT2D eigenvalue weighted by Crippen LogP contribution is -2.53. The molecule has 38 heavy (non-hydrogen) atoms. The van der Waals surface area contributed by atoms with Crippen molar-refractivity contribution in [1.29, 1.82) is 0 Å². The molecule has 0 saturated heterocycles. The highest BCUT2D eigenvalue weighted by atomic mass is 79.9. The maximum absolute atomic E-state index is 13.8. The lowest BCUT2D eigenvalue weighted by Gasteiger charge is -2.28. The molecule has 8 heteroatoms. The summed E-state index contributed by atoms with van der Waals surface area (Å²) in [5.41, 5.74) is 1.68. The Kier molecular flexibility index (Phi) is 9.42. The average molecular weight is 582 g/mol. The summed E-state index contributed by atoms with van der Waals surface area (Å²) in [6, 6.07) is 23.1. The van der Waals surface area contributed by atoms with Crippen molar-refractivity contribution >= 4 is 27.7 Å². The van der Waals surface area contributed by atoms with Gasteiger partial charge in [-0.3, -0.25) is 4.79 Å². The van der Waals surface area contributed by atoms with E-state index in [0.717, 1.165) is 26.9 Å². The van der Waals surface area contributed by atoms with Crippen LogP contribution >= 0.6 is 15.9 Å². The molecule has 0 radical (unpaired) electrons. The van der Waals surface area contributed by atoms with Crippen LogP contribution in [0.5, 0.6) is 11.5 Å². The number of nitrogens with one attached hydrogen (secondary N) is 1. The van der Waals surface area contributed by atoms with Crippen LogP contribution in [0.2, 0.25) is 0 Å². The van der Waals surface area contributed by atoms with Gasteiger partial charge in [0.1, 0.15) is 17.6 Å². The zero-order valence-electron chi connectivity index (χ0n) is 21.7. The van der Waals surface area contributed by atoms with Crippen molar-refractivity contribution in [3.63, 3.8) is 0 Å². The Bertz CT molecular complexity index is 1260. The van der Waals surface area contributed by atoms with Gasteiger partial charge in [0, 0.05) is 36.0 Å². The van der Waals surface area contributed by atoms with Crippen molar-refractivity contribution in [3.8, 4) is 11.5 Å². The van der Waals surface area contributed by atoms with Crippen LogP contribution in [0, 0.1) is 0 Å². The van der Waals surface area contributed by atoms with E-state index in [2.05, 4.69) is 21.2 Å². The number of aliphatic hydroxyl groups is 1. The number of ether oxygens (including phenoxy) is 3. The molecule has 0 aromatic heterocycles. The largest absolute Gasteiger partial charge is 0.497 e. The van der Waals surface area contributed by atoms with E-state index in [4.69, 9.17) is 24.3 Å². The summed E-state index contributed by atoms with van der Waals surface area (Å²) in [5.74, 6) is 1.73. The van der Waals surface area contributed by atoms with Gasteiger partial charge in [0.25, 0.3) is 5.91 Å². The van der Waals surface area contributed by atoms with E-state index < -0.39 is 11.6 Å². The number of amides is 1. The fourth-order valence-electron chi connectivity index (χ4n) is 4.38. The molecular formula is C30H33BrN2O5. The molecule has 4 rings (SSSR count). The van der Waals surface area contributed by atoms with Gasteiger partial charge in [0.2, 0.25) is 5.90 Å². The lowest BCUT2D eigenvalue weighted by molar-refractivity contribution is -0.128. The third kappa shape index (κ3) is 6.55. The van der Waals surface area contributed by atoms with Crippen molar-refractivity contribution in [2.75, 3.05) is 26.9 Å². The van der Waals surface area contributed by atoms with E-state index in [-0.39, 0.29) is 12.5 Å². The number of hydrogen-bond acceptors (Lipinski definition) is 6. The van der Waals surface area contributed by atoms with Gasteiger partial charge in [-0.05, 0) is 66.9 Å². The molecule has 2 atom stereocenters. The minimum absolute atomic E-state index is 0.0852. The van der Waals surface area contributed by atoms with E-state index in [1.807, 2.05) is 79.7 Å². The molecule has 200 valence electrons. The quantitative estimate of drug-likeness (QED) is 0.302. The summed E-state index contributed by atoms with van der Waals surface area (Å²) in [5, 5.41) is 12.1. The number of carbonyl (C=O) groups is 1. The molecule has 0 spiro atoms. The third-order valence-electron chi connectivity index (χ3n) is 6.58. The highest BCUT2D eigenvalue weighted by Gasteiger charge is 2.50. The molecule has 1 heterocycles. The van der Waals surface area contributed by atoms with Crippen LogP contribution in [0.3, 0.4) is 0 Å². The molecule has 0 fully saturated rings. The first kappa shape index (κ1) is 27.7. The van der Waals surface area contributed by atoms with Crippen LogP contribution in [0.4, 0.5) is 0 Å². The Morgan fingerprint density at radius 1 is 1.11 bits per heavy atom. The summed E-state index contributed by atoms with van der Waals surface area (Å²) in [7, 11) is 1.64. The number of carbonyl (C=O) groups excluding carboxylic acids is 1. The topological polar surface area (TPSA) is 89.4 Å². The second kappa shape index (κ2) is 12.9. The molecular weight excluding hydrogens is 548 g/mol. The molecule has 0 bridgehead atoms. The standard InChI is InChI=1S/C30H33BrN2O5/c1-21-30(20-24-8-3-4-10-27(24)31,29(35)32-16-15-22-7-5-9-26(19-22)36-2)33-28(38-21)23-11-13-25(14-12-23)37-18-6-17-34/h3-5,7-14,19,21,34H,6,15-18,20H2,1-2H3,(H,32,35)/t21-,30-/m1/s1. The minimum Gasteiger partial charge on any atom is -0.497 e. The number of rotatable bonds is 12. The van der Waals surface area contributed by atoms with Crippen molar-refractivity contribution in [3.05, 3.63) is 94.0 Å². The average Bonchev–Trinajstić information content (AvgIpc) is 3.27. The highest BCUT2D eigenvalue weighted by molar-refractivity contribution is 9.10. The van der Waals surface area contributed by atoms with Gasteiger partial charge >= 0.3 is 0 Å². The molecule has 3 aromatic rings. The van der Waals surface area contributed by atoms with E-state index in [1.54, 1.807) is 7.11 Å². The molecule has 2 N–H and O–H groups in total. The first-order valence-electron chi connectivity index (χ1n) is 12.7. The number of halogens is 1. The SMILES string of the molecule is COc1cccc(CCNC(=O)[C@]2(Cc3ccccc3Br)N=C(c3ccc(OCCCO)cc3)O[C@@H]2C)c1. The molecule has 1 amide bonds. The normalized spacial score (nSPS) is 18.4. The van der Waals surface area contributed by atoms with Gasteiger partial charge in [-0.2, -0.15) is 0 Å².